The van der Waals surface area contributed by atoms with E-state index in [-0.39, 0.29) is 11.5 Å². The Morgan fingerprint density at radius 2 is 1.96 bits per heavy atom. The number of hydrogen-bond acceptors (Lipinski definition) is 2. The van der Waals surface area contributed by atoms with Gasteiger partial charge in [0.1, 0.15) is 6.04 Å². The average Bonchev–Trinajstić information content (AvgIpc) is 3.29. The third-order valence-corrected chi connectivity index (χ3v) is 6.47. The van der Waals surface area contributed by atoms with E-state index in [1.807, 2.05) is 18.6 Å². The number of nitrogens with zero attached hydrogens (tertiary/aromatic N) is 1. The lowest BCUT2D eigenvalue weighted by Crippen LogP contribution is -2.39. The van der Waals surface area contributed by atoms with Gasteiger partial charge in [0.2, 0.25) is 10.0 Å². The fourth-order valence-electron chi connectivity index (χ4n) is 3.01. The molecule has 1 atom stereocenters. The first kappa shape index (κ1) is 19.5. The van der Waals surface area contributed by atoms with Gasteiger partial charge in [-0.1, -0.05) is 31.5 Å². The minimum atomic E-state index is -4.75. The zero-order valence-corrected chi connectivity index (χ0v) is 15.9. The fraction of sp³-hybridized carbons (Fsp3) is 0.529. The Bertz CT molecular complexity index is 918. The molecular weight excluding hydrogens is 389 g/mol. The Morgan fingerprint density at radius 3 is 2.50 bits per heavy atom. The Balaban J connectivity index is 2.13. The normalized spacial score (nSPS) is 17.2. The average molecular weight is 409 g/mol. The van der Waals surface area contributed by atoms with Crippen LogP contribution in [0.4, 0.5) is 13.2 Å². The number of aromatic nitrogens is 1. The zero-order chi connectivity index (χ0) is 19.3. The zero-order valence-electron chi connectivity index (χ0n) is 14.3. The maximum atomic E-state index is 13.7. The molecule has 1 aliphatic carbocycles. The largest absolute Gasteiger partial charge is 0.408 e. The van der Waals surface area contributed by atoms with E-state index in [1.165, 1.54) is 18.3 Å². The summed E-state index contributed by atoms with van der Waals surface area (Å²) in [6.07, 6.45) is -2.58. The summed E-state index contributed by atoms with van der Waals surface area (Å²) >= 11 is 6.02. The van der Waals surface area contributed by atoms with Crippen molar-refractivity contribution in [1.29, 1.82) is 0 Å². The molecule has 1 heterocycles. The quantitative estimate of drug-likeness (QED) is 0.757. The highest BCUT2D eigenvalue weighted by atomic mass is 35.5. The van der Waals surface area contributed by atoms with E-state index in [1.54, 1.807) is 10.6 Å². The van der Waals surface area contributed by atoms with Crippen LogP contribution in [0.25, 0.3) is 10.9 Å². The van der Waals surface area contributed by atoms with E-state index in [4.69, 9.17) is 11.6 Å². The first-order valence-electron chi connectivity index (χ1n) is 8.35. The highest BCUT2D eigenvalue weighted by Gasteiger charge is 2.47. The minimum absolute atomic E-state index is 0.103. The van der Waals surface area contributed by atoms with Gasteiger partial charge in [0.15, 0.2) is 0 Å². The van der Waals surface area contributed by atoms with Crippen molar-refractivity contribution in [2.45, 2.75) is 50.7 Å². The molecule has 1 aliphatic rings. The minimum Gasteiger partial charge on any atom is -0.347 e. The Hall–Kier alpha value is -1.25. The van der Waals surface area contributed by atoms with Gasteiger partial charge in [0.05, 0.1) is 5.25 Å². The number of benzene rings is 1. The molecule has 0 saturated heterocycles. The van der Waals surface area contributed by atoms with Crippen molar-refractivity contribution in [1.82, 2.24) is 9.29 Å². The van der Waals surface area contributed by atoms with Crippen LogP contribution in [0.3, 0.4) is 0 Å². The molecule has 1 unspecified atom stereocenters. The number of fused-ring (bicyclic) bond motifs is 1. The summed E-state index contributed by atoms with van der Waals surface area (Å²) < 4.78 is 69.1. The summed E-state index contributed by atoms with van der Waals surface area (Å²) in [5.74, 6) is 0.199. The fourth-order valence-corrected chi connectivity index (χ4v) is 4.72. The summed E-state index contributed by atoms with van der Waals surface area (Å²) in [4.78, 5) is 0. The van der Waals surface area contributed by atoms with Crippen LogP contribution in [0.2, 0.25) is 5.02 Å². The van der Waals surface area contributed by atoms with E-state index >= 15 is 0 Å². The second kappa shape index (κ2) is 6.73. The van der Waals surface area contributed by atoms with Gasteiger partial charge in [-0.05, 0) is 30.9 Å². The second-order valence-corrected chi connectivity index (χ2v) is 9.56. The molecule has 0 bridgehead atoms. The Labute approximate surface area is 155 Å². The van der Waals surface area contributed by atoms with Gasteiger partial charge >= 0.3 is 6.18 Å². The summed E-state index contributed by atoms with van der Waals surface area (Å²) in [7, 11) is -4.01. The molecule has 144 valence electrons. The van der Waals surface area contributed by atoms with Crippen LogP contribution in [-0.4, -0.2) is 24.4 Å². The molecule has 1 aromatic carbocycles. The van der Waals surface area contributed by atoms with Crippen molar-refractivity contribution in [3.63, 3.8) is 0 Å². The van der Waals surface area contributed by atoms with Gasteiger partial charge in [-0.2, -0.15) is 17.9 Å². The summed E-state index contributed by atoms with van der Waals surface area (Å²) in [6, 6.07) is 2.33. The van der Waals surface area contributed by atoms with Gasteiger partial charge < -0.3 is 4.57 Å². The molecule has 1 fully saturated rings. The standard InChI is InChI=1S/C17H20ClF3N2O2S/c1-10(2)8-23-9-14(13-6-3-11(18)7-15(13)23)16(17(19,20)21)22-26(24,25)12-4-5-12/h3,6-7,9-10,12,16,22H,4-5,8H2,1-2H3. The van der Waals surface area contributed by atoms with E-state index in [2.05, 4.69) is 0 Å². The number of hydrogen-bond donors (Lipinski definition) is 1. The molecule has 1 aromatic heterocycles. The van der Waals surface area contributed by atoms with Crippen LogP contribution in [0.5, 0.6) is 0 Å². The molecule has 0 spiro atoms. The number of nitrogens with one attached hydrogen (secondary N) is 1. The number of rotatable bonds is 6. The van der Waals surface area contributed by atoms with E-state index in [0.717, 1.165) is 0 Å². The summed E-state index contributed by atoms with van der Waals surface area (Å²) in [5.41, 5.74) is 0.454. The van der Waals surface area contributed by atoms with Crippen molar-refractivity contribution in [2.75, 3.05) is 0 Å². The molecule has 4 nitrogen and oxygen atoms in total. The van der Waals surface area contributed by atoms with Crippen molar-refractivity contribution >= 4 is 32.5 Å². The lowest BCUT2D eigenvalue weighted by Gasteiger charge is -2.21. The summed E-state index contributed by atoms with van der Waals surface area (Å²) in [5, 5.41) is 0.0240. The molecule has 0 aliphatic heterocycles. The van der Waals surface area contributed by atoms with Crippen molar-refractivity contribution in [3.05, 3.63) is 35.0 Å². The van der Waals surface area contributed by atoms with Gasteiger partial charge in [-0.3, -0.25) is 0 Å². The maximum absolute atomic E-state index is 13.7. The highest BCUT2D eigenvalue weighted by Crippen LogP contribution is 2.40. The monoisotopic (exact) mass is 408 g/mol. The van der Waals surface area contributed by atoms with Crippen LogP contribution in [-0.2, 0) is 16.6 Å². The number of sulfonamides is 1. The molecule has 1 N–H and O–H groups in total. The van der Waals surface area contributed by atoms with Crippen molar-refractivity contribution in [3.8, 4) is 0 Å². The Kier molecular flexibility index (Phi) is 5.05. The van der Waals surface area contributed by atoms with Crippen LogP contribution < -0.4 is 4.72 Å². The lowest BCUT2D eigenvalue weighted by atomic mass is 10.1. The Morgan fingerprint density at radius 1 is 1.31 bits per heavy atom. The maximum Gasteiger partial charge on any atom is 0.408 e. The van der Waals surface area contributed by atoms with Gasteiger partial charge in [0, 0.05) is 34.2 Å². The molecule has 0 amide bonds. The van der Waals surface area contributed by atoms with Gasteiger partial charge in [-0.25, -0.2) is 8.42 Å². The third-order valence-electron chi connectivity index (χ3n) is 4.32. The van der Waals surface area contributed by atoms with Crippen molar-refractivity contribution in [2.24, 2.45) is 5.92 Å². The van der Waals surface area contributed by atoms with E-state index in [0.29, 0.717) is 35.3 Å². The van der Waals surface area contributed by atoms with Crippen LogP contribution in [0.1, 0.15) is 38.3 Å². The van der Waals surface area contributed by atoms with Crippen LogP contribution >= 0.6 is 11.6 Å². The van der Waals surface area contributed by atoms with E-state index in [9.17, 15) is 21.6 Å². The topological polar surface area (TPSA) is 51.1 Å². The molecule has 2 aromatic rings. The lowest BCUT2D eigenvalue weighted by molar-refractivity contribution is -0.152. The van der Waals surface area contributed by atoms with Crippen molar-refractivity contribution < 1.29 is 21.6 Å². The number of halogens is 4. The van der Waals surface area contributed by atoms with Crippen LogP contribution in [0, 0.1) is 5.92 Å². The summed E-state index contributed by atoms with van der Waals surface area (Å²) in [6.45, 7) is 4.40. The van der Waals surface area contributed by atoms with E-state index < -0.39 is 27.5 Å². The molecule has 26 heavy (non-hydrogen) atoms. The molecule has 9 heteroatoms. The second-order valence-electron chi connectivity index (χ2n) is 7.13. The third kappa shape index (κ3) is 4.02. The smallest absolute Gasteiger partial charge is 0.347 e. The first-order chi connectivity index (χ1) is 12.0. The van der Waals surface area contributed by atoms with Gasteiger partial charge in [-0.15, -0.1) is 0 Å². The number of alkyl halides is 3. The predicted molar refractivity (Wildman–Crippen MR) is 95.7 cm³/mol. The SMILES string of the molecule is CC(C)Cn1cc(C(NS(=O)(=O)C2CC2)C(F)(F)F)c2ccc(Cl)cc21. The van der Waals surface area contributed by atoms with Crippen LogP contribution in [0.15, 0.2) is 24.4 Å². The molecule has 0 radical (unpaired) electrons. The first-order valence-corrected chi connectivity index (χ1v) is 10.3. The molecule has 3 rings (SSSR count). The molecular formula is C17H20ClF3N2O2S. The predicted octanol–water partition coefficient (Wildman–Crippen LogP) is 4.64. The van der Waals surface area contributed by atoms with Gasteiger partial charge in [0.25, 0.3) is 0 Å². The molecule has 1 saturated carbocycles. The highest BCUT2D eigenvalue weighted by molar-refractivity contribution is 7.90.